The number of alkyl halides is 2. The predicted octanol–water partition coefficient (Wildman–Crippen LogP) is 3.54. The molecule has 8 heteroatoms. The zero-order chi connectivity index (χ0) is 20.0. The van der Waals surface area contributed by atoms with Crippen molar-refractivity contribution in [3.8, 4) is 0 Å². The molecule has 0 saturated carbocycles. The van der Waals surface area contributed by atoms with E-state index in [1.165, 1.54) is 0 Å². The van der Waals surface area contributed by atoms with Crippen molar-refractivity contribution in [2.75, 3.05) is 20.3 Å². The van der Waals surface area contributed by atoms with Crippen LogP contribution in [0.1, 0.15) is 38.6 Å². The lowest BCUT2D eigenvalue weighted by atomic mass is 10.1. The van der Waals surface area contributed by atoms with Gasteiger partial charge in [-0.25, -0.2) is 4.98 Å². The topological polar surface area (TPSA) is 64.4 Å². The molecule has 0 saturated heterocycles. The standard InChI is InChI=1S/C19H25Cl2N3O3/c1-4-10-23(19(26)16(20)21)15(5-2)17-22-14-9-7-6-8-13(14)18(25)24(17)11-12-27-3/h6-9,15-16H,4-5,10-12H2,1-3H3. The van der Waals surface area contributed by atoms with Crippen molar-refractivity contribution in [2.45, 2.75) is 44.1 Å². The molecule has 6 nitrogen and oxygen atoms in total. The normalized spacial score (nSPS) is 12.5. The molecule has 2 rings (SSSR count). The van der Waals surface area contributed by atoms with Crippen molar-refractivity contribution in [1.29, 1.82) is 0 Å². The maximum Gasteiger partial charge on any atom is 0.261 e. The Bertz CT molecular complexity index is 839. The van der Waals surface area contributed by atoms with E-state index in [4.69, 9.17) is 32.9 Å². The summed E-state index contributed by atoms with van der Waals surface area (Å²) in [5.74, 6) is 0.141. The highest BCUT2D eigenvalue weighted by molar-refractivity contribution is 6.53. The number of nitrogens with zero attached hydrogens (tertiary/aromatic N) is 3. The number of methoxy groups -OCH3 is 1. The van der Waals surface area contributed by atoms with Gasteiger partial charge >= 0.3 is 0 Å². The van der Waals surface area contributed by atoms with Gasteiger partial charge in [-0.05, 0) is 25.0 Å². The van der Waals surface area contributed by atoms with Gasteiger partial charge in [0.2, 0.25) is 0 Å². The van der Waals surface area contributed by atoms with Crippen LogP contribution in [0.4, 0.5) is 0 Å². The lowest BCUT2D eigenvalue weighted by Gasteiger charge is -2.32. The zero-order valence-corrected chi connectivity index (χ0v) is 17.3. The number of carbonyl (C=O) groups excluding carboxylic acids is 1. The Morgan fingerprint density at radius 1 is 1.30 bits per heavy atom. The van der Waals surface area contributed by atoms with Crippen LogP contribution in [-0.2, 0) is 16.1 Å². The second-order valence-corrected chi connectivity index (χ2v) is 7.29. The van der Waals surface area contributed by atoms with E-state index in [-0.39, 0.29) is 11.5 Å². The van der Waals surface area contributed by atoms with Gasteiger partial charge in [0.25, 0.3) is 11.5 Å². The number of fused-ring (bicyclic) bond motifs is 1. The molecule has 0 aliphatic carbocycles. The highest BCUT2D eigenvalue weighted by atomic mass is 35.5. The number of hydrogen-bond donors (Lipinski definition) is 0. The van der Waals surface area contributed by atoms with E-state index in [0.717, 1.165) is 6.42 Å². The molecule has 1 atom stereocenters. The van der Waals surface area contributed by atoms with Crippen LogP contribution in [0.3, 0.4) is 0 Å². The van der Waals surface area contributed by atoms with Gasteiger partial charge in [-0.15, -0.1) is 0 Å². The average molecular weight is 414 g/mol. The van der Waals surface area contributed by atoms with Crippen LogP contribution in [0.2, 0.25) is 0 Å². The molecule has 0 N–H and O–H groups in total. The molecule has 2 aromatic rings. The van der Waals surface area contributed by atoms with E-state index in [9.17, 15) is 9.59 Å². The van der Waals surface area contributed by atoms with Crippen molar-refractivity contribution in [3.05, 3.63) is 40.4 Å². The predicted molar refractivity (Wildman–Crippen MR) is 108 cm³/mol. The number of rotatable bonds is 9. The molecule has 0 aliphatic heterocycles. The average Bonchev–Trinajstić information content (AvgIpc) is 2.67. The first-order valence-corrected chi connectivity index (χ1v) is 9.90. The van der Waals surface area contributed by atoms with Crippen LogP contribution >= 0.6 is 23.2 Å². The lowest BCUT2D eigenvalue weighted by Crippen LogP contribution is -2.41. The summed E-state index contributed by atoms with van der Waals surface area (Å²) < 4.78 is 6.76. The van der Waals surface area contributed by atoms with Crippen molar-refractivity contribution < 1.29 is 9.53 Å². The van der Waals surface area contributed by atoms with Crippen LogP contribution in [0.15, 0.2) is 29.1 Å². The SMILES string of the molecule is CCCN(C(=O)C(Cl)Cl)C(CC)c1nc2ccccc2c(=O)n1CCOC. The summed E-state index contributed by atoms with van der Waals surface area (Å²) >= 11 is 11.7. The van der Waals surface area contributed by atoms with Gasteiger partial charge in [0.05, 0.1) is 30.1 Å². The van der Waals surface area contributed by atoms with Crippen LogP contribution in [0.25, 0.3) is 10.9 Å². The third-order valence-electron chi connectivity index (χ3n) is 4.41. The van der Waals surface area contributed by atoms with Crippen molar-refractivity contribution in [3.63, 3.8) is 0 Å². The van der Waals surface area contributed by atoms with Crippen molar-refractivity contribution in [1.82, 2.24) is 14.5 Å². The number of hydrogen-bond acceptors (Lipinski definition) is 4. The second-order valence-electron chi connectivity index (χ2n) is 6.19. The number of amides is 1. The van der Waals surface area contributed by atoms with E-state index < -0.39 is 10.9 Å². The minimum atomic E-state index is -1.16. The van der Waals surface area contributed by atoms with Gasteiger partial charge < -0.3 is 9.64 Å². The first kappa shape index (κ1) is 21.7. The molecule has 0 bridgehead atoms. The van der Waals surface area contributed by atoms with E-state index in [1.807, 2.05) is 26.0 Å². The molecule has 27 heavy (non-hydrogen) atoms. The Morgan fingerprint density at radius 3 is 2.59 bits per heavy atom. The Hall–Kier alpha value is -1.63. The number of carbonyl (C=O) groups is 1. The minimum absolute atomic E-state index is 0.150. The summed E-state index contributed by atoms with van der Waals surface area (Å²) in [6.45, 7) is 5.09. The fourth-order valence-corrected chi connectivity index (χ4v) is 3.42. The Labute approximate surface area is 169 Å². The number of para-hydroxylation sites is 1. The van der Waals surface area contributed by atoms with Gasteiger partial charge in [-0.3, -0.25) is 14.2 Å². The molecular formula is C19H25Cl2N3O3. The van der Waals surface area contributed by atoms with E-state index in [0.29, 0.717) is 42.8 Å². The highest BCUT2D eigenvalue weighted by Gasteiger charge is 2.30. The fourth-order valence-electron chi connectivity index (χ4n) is 3.17. The second kappa shape index (κ2) is 10.1. The third kappa shape index (κ3) is 4.81. The summed E-state index contributed by atoms with van der Waals surface area (Å²) in [4.78, 5) is 30.9. The van der Waals surface area contributed by atoms with E-state index in [2.05, 4.69) is 0 Å². The van der Waals surface area contributed by atoms with E-state index >= 15 is 0 Å². The monoisotopic (exact) mass is 413 g/mol. The molecule has 1 unspecified atom stereocenters. The molecule has 1 heterocycles. The summed E-state index contributed by atoms with van der Waals surface area (Å²) in [7, 11) is 1.58. The molecule has 1 amide bonds. The molecule has 1 aromatic heterocycles. The maximum absolute atomic E-state index is 13.1. The van der Waals surface area contributed by atoms with Gasteiger partial charge in [0.1, 0.15) is 5.82 Å². The smallest absolute Gasteiger partial charge is 0.261 e. The number of aromatic nitrogens is 2. The first-order chi connectivity index (χ1) is 13.0. The summed E-state index contributed by atoms with van der Waals surface area (Å²) in [6, 6.07) is 6.78. The zero-order valence-electron chi connectivity index (χ0n) is 15.8. The molecule has 148 valence electrons. The fraction of sp³-hybridized carbons (Fsp3) is 0.526. The minimum Gasteiger partial charge on any atom is -0.383 e. The quantitative estimate of drug-likeness (QED) is 0.589. The summed E-state index contributed by atoms with van der Waals surface area (Å²) in [5.41, 5.74) is 0.449. The number of halogens is 2. The van der Waals surface area contributed by atoms with Crippen LogP contribution in [0.5, 0.6) is 0 Å². The Morgan fingerprint density at radius 2 is 2.00 bits per heavy atom. The third-order valence-corrected chi connectivity index (χ3v) is 4.78. The van der Waals surface area contributed by atoms with Gasteiger partial charge in [0, 0.05) is 13.7 Å². The molecular weight excluding hydrogens is 389 g/mol. The van der Waals surface area contributed by atoms with Crippen LogP contribution in [-0.4, -0.2) is 45.5 Å². The van der Waals surface area contributed by atoms with Gasteiger partial charge in [-0.1, -0.05) is 49.2 Å². The van der Waals surface area contributed by atoms with Gasteiger partial charge in [0.15, 0.2) is 4.84 Å². The van der Waals surface area contributed by atoms with Crippen molar-refractivity contribution >= 4 is 40.0 Å². The Balaban J connectivity index is 2.67. The Kier molecular flexibility index (Phi) is 8.07. The van der Waals surface area contributed by atoms with Crippen LogP contribution < -0.4 is 5.56 Å². The number of benzene rings is 1. The summed E-state index contributed by atoms with van der Waals surface area (Å²) in [5, 5.41) is 0.535. The molecule has 0 fully saturated rings. The first-order valence-electron chi connectivity index (χ1n) is 9.03. The van der Waals surface area contributed by atoms with Crippen LogP contribution in [0, 0.1) is 0 Å². The highest BCUT2D eigenvalue weighted by Crippen LogP contribution is 2.26. The molecule has 0 aliphatic rings. The molecule has 0 radical (unpaired) electrons. The molecule has 0 spiro atoms. The van der Waals surface area contributed by atoms with E-state index in [1.54, 1.807) is 28.7 Å². The lowest BCUT2D eigenvalue weighted by molar-refractivity contribution is -0.132. The van der Waals surface area contributed by atoms with Gasteiger partial charge in [-0.2, -0.15) is 0 Å². The van der Waals surface area contributed by atoms with Crippen molar-refractivity contribution in [2.24, 2.45) is 0 Å². The summed E-state index contributed by atoms with van der Waals surface area (Å²) in [6.07, 6.45) is 1.31. The largest absolute Gasteiger partial charge is 0.383 e. The number of ether oxygens (including phenoxy) is 1. The molecule has 1 aromatic carbocycles. The maximum atomic E-state index is 13.1.